The van der Waals surface area contributed by atoms with Crippen LogP contribution in [0.4, 0.5) is 5.69 Å². The molecule has 0 aliphatic rings. The number of pyridine rings is 1. The van der Waals surface area contributed by atoms with Gasteiger partial charge in [-0.1, -0.05) is 0 Å². The zero-order valence-electron chi connectivity index (χ0n) is 11.7. The third-order valence-electron chi connectivity index (χ3n) is 3.10. The first-order valence-corrected chi connectivity index (χ1v) is 8.77. The van der Waals surface area contributed by atoms with Crippen LogP contribution in [0, 0.1) is 6.92 Å². The highest BCUT2D eigenvalue weighted by Crippen LogP contribution is 2.34. The SMILES string of the molecule is CSCCCCNC(=O)c1sc2nccc(C)c2c1N. The third kappa shape index (κ3) is 3.24. The smallest absolute Gasteiger partial charge is 0.263 e. The quantitative estimate of drug-likeness (QED) is 0.805. The molecule has 0 atom stereocenters. The monoisotopic (exact) mass is 309 g/mol. The summed E-state index contributed by atoms with van der Waals surface area (Å²) < 4.78 is 0. The number of carbonyl (C=O) groups is 1. The standard InChI is InChI=1S/C14H19N3OS2/c1-9-5-7-17-14-10(9)11(15)12(20-14)13(18)16-6-3-4-8-19-2/h5,7H,3-4,6,8,15H2,1-2H3,(H,16,18). The summed E-state index contributed by atoms with van der Waals surface area (Å²) >= 11 is 3.19. The largest absolute Gasteiger partial charge is 0.397 e. The normalized spacial score (nSPS) is 10.9. The van der Waals surface area contributed by atoms with Crippen molar-refractivity contribution in [2.75, 3.05) is 24.3 Å². The van der Waals surface area contributed by atoms with Crippen LogP contribution in [0.5, 0.6) is 0 Å². The van der Waals surface area contributed by atoms with Crippen LogP contribution in [0.3, 0.4) is 0 Å². The summed E-state index contributed by atoms with van der Waals surface area (Å²) in [5, 5.41) is 3.84. The Kier molecular flexibility index (Phi) is 5.25. The Morgan fingerprint density at radius 1 is 1.50 bits per heavy atom. The Bertz CT molecular complexity index is 610. The van der Waals surface area contributed by atoms with E-state index in [9.17, 15) is 4.79 Å². The van der Waals surface area contributed by atoms with Crippen molar-refractivity contribution in [3.05, 3.63) is 22.7 Å². The average Bonchev–Trinajstić information content (AvgIpc) is 2.77. The van der Waals surface area contributed by atoms with Crippen molar-refractivity contribution in [1.82, 2.24) is 10.3 Å². The molecule has 6 heteroatoms. The minimum Gasteiger partial charge on any atom is -0.397 e. The van der Waals surface area contributed by atoms with Crippen molar-refractivity contribution in [2.45, 2.75) is 19.8 Å². The number of aryl methyl sites for hydroxylation is 1. The van der Waals surface area contributed by atoms with Crippen molar-refractivity contribution in [2.24, 2.45) is 0 Å². The van der Waals surface area contributed by atoms with Gasteiger partial charge in [-0.25, -0.2) is 4.98 Å². The molecular formula is C14H19N3OS2. The van der Waals surface area contributed by atoms with Gasteiger partial charge in [0.25, 0.3) is 5.91 Å². The van der Waals surface area contributed by atoms with Gasteiger partial charge in [0.2, 0.25) is 0 Å². The number of nitrogens with zero attached hydrogens (tertiary/aromatic N) is 1. The van der Waals surface area contributed by atoms with E-state index in [0.717, 1.165) is 34.4 Å². The van der Waals surface area contributed by atoms with E-state index < -0.39 is 0 Å². The van der Waals surface area contributed by atoms with Gasteiger partial charge >= 0.3 is 0 Å². The molecule has 0 saturated heterocycles. The molecule has 0 aromatic carbocycles. The number of nitrogens with one attached hydrogen (secondary N) is 1. The molecule has 0 fully saturated rings. The number of thioether (sulfide) groups is 1. The summed E-state index contributed by atoms with van der Waals surface area (Å²) in [6.07, 6.45) is 5.95. The highest BCUT2D eigenvalue weighted by atomic mass is 32.2. The highest BCUT2D eigenvalue weighted by Gasteiger charge is 2.17. The molecule has 0 unspecified atom stereocenters. The van der Waals surface area contributed by atoms with Gasteiger partial charge in [-0.05, 0) is 43.4 Å². The Labute approximate surface area is 127 Å². The van der Waals surface area contributed by atoms with Crippen LogP contribution < -0.4 is 11.1 Å². The second kappa shape index (κ2) is 6.95. The van der Waals surface area contributed by atoms with Gasteiger partial charge in [-0.3, -0.25) is 4.79 Å². The maximum absolute atomic E-state index is 12.2. The number of nitrogens with two attached hydrogens (primary N) is 1. The second-order valence-electron chi connectivity index (χ2n) is 4.61. The maximum atomic E-state index is 12.2. The molecule has 0 aliphatic heterocycles. The number of rotatable bonds is 6. The Balaban J connectivity index is 2.07. The van der Waals surface area contributed by atoms with E-state index in [2.05, 4.69) is 16.6 Å². The van der Waals surface area contributed by atoms with Gasteiger partial charge in [0.1, 0.15) is 9.71 Å². The van der Waals surface area contributed by atoms with Crippen LogP contribution in [-0.2, 0) is 0 Å². The first-order valence-electron chi connectivity index (χ1n) is 6.56. The Morgan fingerprint density at radius 3 is 3.00 bits per heavy atom. The summed E-state index contributed by atoms with van der Waals surface area (Å²) in [7, 11) is 0. The molecule has 1 amide bonds. The van der Waals surface area contributed by atoms with Crippen LogP contribution >= 0.6 is 23.1 Å². The van der Waals surface area contributed by atoms with Crippen LogP contribution in [0.25, 0.3) is 10.2 Å². The molecule has 3 N–H and O–H groups in total. The van der Waals surface area contributed by atoms with Crippen molar-refractivity contribution in [3.8, 4) is 0 Å². The van der Waals surface area contributed by atoms with Crippen molar-refractivity contribution < 1.29 is 4.79 Å². The minimum atomic E-state index is -0.0888. The van der Waals surface area contributed by atoms with Crippen LogP contribution in [-0.4, -0.2) is 29.4 Å². The predicted octanol–water partition coefficient (Wildman–Crippen LogP) is 3.06. The van der Waals surface area contributed by atoms with Gasteiger partial charge in [-0.2, -0.15) is 11.8 Å². The number of anilines is 1. The molecule has 0 saturated carbocycles. The fraction of sp³-hybridized carbons (Fsp3) is 0.429. The lowest BCUT2D eigenvalue weighted by Crippen LogP contribution is -2.24. The molecule has 2 aromatic rings. The topological polar surface area (TPSA) is 68.0 Å². The summed E-state index contributed by atoms with van der Waals surface area (Å²) in [4.78, 5) is 17.9. The van der Waals surface area contributed by atoms with E-state index in [1.165, 1.54) is 11.3 Å². The number of hydrogen-bond donors (Lipinski definition) is 2. The number of nitrogen functional groups attached to an aromatic ring is 1. The Morgan fingerprint density at radius 2 is 2.30 bits per heavy atom. The predicted molar refractivity (Wildman–Crippen MR) is 88.7 cm³/mol. The third-order valence-corrected chi connectivity index (χ3v) is 4.91. The van der Waals surface area contributed by atoms with Gasteiger partial charge in [0, 0.05) is 18.1 Å². The van der Waals surface area contributed by atoms with Crippen LogP contribution in [0.1, 0.15) is 28.1 Å². The lowest BCUT2D eigenvalue weighted by Gasteiger charge is -2.04. The first-order chi connectivity index (χ1) is 9.65. The van der Waals surface area contributed by atoms with Crippen LogP contribution in [0.15, 0.2) is 12.3 Å². The molecule has 0 bridgehead atoms. The molecule has 108 valence electrons. The zero-order chi connectivity index (χ0) is 14.5. The highest BCUT2D eigenvalue weighted by molar-refractivity contribution is 7.98. The van der Waals surface area contributed by atoms with E-state index in [0.29, 0.717) is 17.1 Å². The van der Waals surface area contributed by atoms with E-state index in [4.69, 9.17) is 5.73 Å². The van der Waals surface area contributed by atoms with Crippen molar-refractivity contribution in [3.63, 3.8) is 0 Å². The van der Waals surface area contributed by atoms with E-state index in [1.807, 2.05) is 24.8 Å². The summed E-state index contributed by atoms with van der Waals surface area (Å²) in [6, 6.07) is 1.91. The average molecular weight is 309 g/mol. The number of thiophene rings is 1. The zero-order valence-corrected chi connectivity index (χ0v) is 13.4. The van der Waals surface area contributed by atoms with Gasteiger partial charge in [0.15, 0.2) is 0 Å². The van der Waals surface area contributed by atoms with Gasteiger partial charge < -0.3 is 11.1 Å². The molecule has 0 aliphatic carbocycles. The maximum Gasteiger partial charge on any atom is 0.263 e. The van der Waals surface area contributed by atoms with Gasteiger partial charge in [0.05, 0.1) is 5.69 Å². The fourth-order valence-corrected chi connectivity index (χ4v) is 3.58. The van der Waals surface area contributed by atoms with Crippen LogP contribution in [0.2, 0.25) is 0 Å². The summed E-state index contributed by atoms with van der Waals surface area (Å²) in [5.41, 5.74) is 7.71. The van der Waals surface area contributed by atoms with Crippen molar-refractivity contribution >= 4 is 44.9 Å². The number of aromatic nitrogens is 1. The number of unbranched alkanes of at least 4 members (excludes halogenated alkanes) is 1. The Hall–Kier alpha value is -1.27. The molecule has 2 rings (SSSR count). The molecule has 4 nitrogen and oxygen atoms in total. The molecular weight excluding hydrogens is 290 g/mol. The van der Waals surface area contributed by atoms with E-state index in [-0.39, 0.29) is 5.91 Å². The second-order valence-corrected chi connectivity index (χ2v) is 6.59. The van der Waals surface area contributed by atoms with E-state index >= 15 is 0 Å². The number of carbonyl (C=O) groups excluding carboxylic acids is 1. The number of hydrogen-bond acceptors (Lipinski definition) is 5. The van der Waals surface area contributed by atoms with Gasteiger partial charge in [-0.15, -0.1) is 11.3 Å². The fourth-order valence-electron chi connectivity index (χ4n) is 2.03. The molecule has 2 heterocycles. The molecule has 2 aromatic heterocycles. The minimum absolute atomic E-state index is 0.0888. The number of amides is 1. The summed E-state index contributed by atoms with van der Waals surface area (Å²) in [5.74, 6) is 1.04. The van der Waals surface area contributed by atoms with Crippen molar-refractivity contribution in [1.29, 1.82) is 0 Å². The lowest BCUT2D eigenvalue weighted by atomic mass is 10.2. The van der Waals surface area contributed by atoms with E-state index in [1.54, 1.807) is 6.20 Å². The number of fused-ring (bicyclic) bond motifs is 1. The summed E-state index contributed by atoms with van der Waals surface area (Å²) in [6.45, 7) is 2.68. The molecule has 20 heavy (non-hydrogen) atoms. The molecule has 0 spiro atoms. The molecule has 0 radical (unpaired) electrons. The lowest BCUT2D eigenvalue weighted by molar-refractivity contribution is 0.0958. The first kappa shape index (κ1) is 15.1.